The van der Waals surface area contributed by atoms with E-state index < -0.39 is 9.84 Å². The van der Waals surface area contributed by atoms with E-state index in [4.69, 9.17) is 16.3 Å². The molecule has 0 radical (unpaired) electrons. The number of sulfone groups is 1. The minimum Gasteiger partial charge on any atom is -0.383 e. The van der Waals surface area contributed by atoms with Crippen molar-refractivity contribution in [2.75, 3.05) is 31.8 Å². The van der Waals surface area contributed by atoms with E-state index in [1.54, 1.807) is 18.1 Å². The van der Waals surface area contributed by atoms with E-state index >= 15 is 0 Å². The van der Waals surface area contributed by atoms with Crippen molar-refractivity contribution >= 4 is 27.3 Å². The molecular formula is C16H22ClNO4S. The molecule has 0 bridgehead atoms. The summed E-state index contributed by atoms with van der Waals surface area (Å²) < 4.78 is 28.4. The Morgan fingerprint density at radius 2 is 2.22 bits per heavy atom. The third kappa shape index (κ3) is 5.48. The summed E-state index contributed by atoms with van der Waals surface area (Å²) in [6.45, 7) is 0.824. The van der Waals surface area contributed by atoms with Crippen LogP contribution in [0.1, 0.15) is 18.4 Å². The molecular weight excluding hydrogens is 338 g/mol. The fourth-order valence-electron chi connectivity index (χ4n) is 2.81. The molecule has 0 spiro atoms. The molecule has 1 saturated heterocycles. The van der Waals surface area contributed by atoms with Gasteiger partial charge in [-0.2, -0.15) is 0 Å². The van der Waals surface area contributed by atoms with Gasteiger partial charge in [-0.05, 0) is 30.5 Å². The number of nitrogens with zero attached hydrogens (tertiary/aromatic N) is 1. The molecule has 1 unspecified atom stereocenters. The first-order valence-corrected chi connectivity index (χ1v) is 9.84. The van der Waals surface area contributed by atoms with Gasteiger partial charge < -0.3 is 9.64 Å². The van der Waals surface area contributed by atoms with Crippen LogP contribution in [0.2, 0.25) is 5.02 Å². The van der Waals surface area contributed by atoms with Gasteiger partial charge in [0.1, 0.15) is 0 Å². The van der Waals surface area contributed by atoms with E-state index in [1.165, 1.54) is 0 Å². The molecule has 5 nitrogen and oxygen atoms in total. The smallest absolute Gasteiger partial charge is 0.223 e. The van der Waals surface area contributed by atoms with Crippen LogP contribution in [-0.2, 0) is 25.8 Å². The molecule has 0 saturated carbocycles. The van der Waals surface area contributed by atoms with Gasteiger partial charge in [0.2, 0.25) is 5.91 Å². The Balaban J connectivity index is 1.99. The van der Waals surface area contributed by atoms with E-state index in [9.17, 15) is 13.2 Å². The SMILES string of the molecule is COCCN(C(=O)CCc1cccc(Cl)c1)C1CCS(=O)(=O)C1. The average molecular weight is 360 g/mol. The molecule has 0 aromatic heterocycles. The number of amides is 1. The van der Waals surface area contributed by atoms with Crippen molar-refractivity contribution in [2.24, 2.45) is 0 Å². The number of carbonyl (C=O) groups is 1. The number of rotatable bonds is 7. The maximum Gasteiger partial charge on any atom is 0.223 e. The van der Waals surface area contributed by atoms with Crippen molar-refractivity contribution in [1.82, 2.24) is 4.90 Å². The number of ether oxygens (including phenoxy) is 1. The second kappa shape index (κ2) is 8.13. The van der Waals surface area contributed by atoms with Crippen LogP contribution in [-0.4, -0.2) is 57.0 Å². The molecule has 1 fully saturated rings. The molecule has 1 aliphatic rings. The Labute approximate surface area is 142 Å². The van der Waals surface area contributed by atoms with Crippen molar-refractivity contribution in [3.63, 3.8) is 0 Å². The predicted octanol–water partition coefficient (Wildman–Crippen LogP) is 1.93. The van der Waals surface area contributed by atoms with Gasteiger partial charge in [0.15, 0.2) is 9.84 Å². The van der Waals surface area contributed by atoms with Gasteiger partial charge in [-0.1, -0.05) is 23.7 Å². The fourth-order valence-corrected chi connectivity index (χ4v) is 4.75. The van der Waals surface area contributed by atoms with Crippen LogP contribution in [0.5, 0.6) is 0 Å². The van der Waals surface area contributed by atoms with Crippen molar-refractivity contribution in [2.45, 2.75) is 25.3 Å². The van der Waals surface area contributed by atoms with Crippen LogP contribution in [0.4, 0.5) is 0 Å². The summed E-state index contributed by atoms with van der Waals surface area (Å²) >= 11 is 5.95. The van der Waals surface area contributed by atoms with E-state index in [0.29, 0.717) is 37.4 Å². The number of halogens is 1. The third-order valence-corrected chi connectivity index (χ3v) is 6.01. The zero-order valence-electron chi connectivity index (χ0n) is 13.2. The Bertz CT molecular complexity index is 647. The number of hydrogen-bond acceptors (Lipinski definition) is 4. The van der Waals surface area contributed by atoms with Crippen LogP contribution in [0.15, 0.2) is 24.3 Å². The predicted molar refractivity (Wildman–Crippen MR) is 90.4 cm³/mol. The highest BCUT2D eigenvalue weighted by atomic mass is 35.5. The van der Waals surface area contributed by atoms with Gasteiger partial charge in [-0.25, -0.2) is 8.42 Å². The zero-order valence-corrected chi connectivity index (χ0v) is 14.8. The maximum atomic E-state index is 12.5. The highest BCUT2D eigenvalue weighted by molar-refractivity contribution is 7.91. The van der Waals surface area contributed by atoms with Gasteiger partial charge >= 0.3 is 0 Å². The minimum atomic E-state index is -3.02. The number of benzene rings is 1. The molecule has 1 heterocycles. The summed E-state index contributed by atoms with van der Waals surface area (Å²) in [7, 11) is -1.45. The summed E-state index contributed by atoms with van der Waals surface area (Å²) in [5.74, 6) is 0.173. The van der Waals surface area contributed by atoms with Crippen LogP contribution >= 0.6 is 11.6 Å². The minimum absolute atomic E-state index is 0.0378. The Morgan fingerprint density at radius 3 is 2.83 bits per heavy atom. The Morgan fingerprint density at radius 1 is 1.43 bits per heavy atom. The molecule has 1 amide bonds. The second-order valence-corrected chi connectivity index (χ2v) is 8.43. The molecule has 128 valence electrons. The number of aryl methyl sites for hydroxylation is 1. The molecule has 1 aliphatic heterocycles. The molecule has 7 heteroatoms. The molecule has 1 atom stereocenters. The lowest BCUT2D eigenvalue weighted by atomic mass is 10.1. The van der Waals surface area contributed by atoms with Crippen molar-refractivity contribution in [1.29, 1.82) is 0 Å². The maximum absolute atomic E-state index is 12.5. The first-order chi connectivity index (χ1) is 10.9. The largest absolute Gasteiger partial charge is 0.383 e. The van der Waals surface area contributed by atoms with Crippen LogP contribution in [0, 0.1) is 0 Å². The van der Waals surface area contributed by atoms with Gasteiger partial charge in [0.05, 0.1) is 18.1 Å². The second-order valence-electron chi connectivity index (χ2n) is 5.77. The summed E-state index contributed by atoms with van der Waals surface area (Å²) in [4.78, 5) is 14.2. The van der Waals surface area contributed by atoms with E-state index in [-0.39, 0.29) is 23.5 Å². The average Bonchev–Trinajstić information content (AvgIpc) is 2.85. The zero-order chi connectivity index (χ0) is 16.9. The number of methoxy groups -OCH3 is 1. The summed E-state index contributed by atoms with van der Waals surface area (Å²) in [5, 5.41) is 0.646. The first-order valence-electron chi connectivity index (χ1n) is 7.64. The summed E-state index contributed by atoms with van der Waals surface area (Å²) in [6.07, 6.45) is 1.43. The molecule has 0 aliphatic carbocycles. The molecule has 0 N–H and O–H groups in total. The number of carbonyl (C=O) groups excluding carboxylic acids is 1. The summed E-state index contributed by atoms with van der Waals surface area (Å²) in [5.41, 5.74) is 0.997. The van der Waals surface area contributed by atoms with E-state index in [1.807, 2.05) is 18.2 Å². The summed E-state index contributed by atoms with van der Waals surface area (Å²) in [6, 6.07) is 7.18. The highest BCUT2D eigenvalue weighted by Gasteiger charge is 2.34. The first kappa shape index (κ1) is 18.2. The molecule has 1 aromatic carbocycles. The van der Waals surface area contributed by atoms with Crippen LogP contribution in [0.3, 0.4) is 0 Å². The Hall–Kier alpha value is -1.11. The quantitative estimate of drug-likeness (QED) is 0.746. The van der Waals surface area contributed by atoms with E-state index in [2.05, 4.69) is 0 Å². The van der Waals surface area contributed by atoms with Crippen molar-refractivity contribution in [3.05, 3.63) is 34.9 Å². The lowest BCUT2D eigenvalue weighted by Crippen LogP contribution is -2.43. The van der Waals surface area contributed by atoms with Gasteiger partial charge in [-0.3, -0.25) is 4.79 Å². The van der Waals surface area contributed by atoms with Crippen LogP contribution < -0.4 is 0 Å². The van der Waals surface area contributed by atoms with Crippen molar-refractivity contribution in [3.8, 4) is 0 Å². The normalized spacial score (nSPS) is 19.7. The third-order valence-electron chi connectivity index (χ3n) is 4.02. The van der Waals surface area contributed by atoms with Crippen molar-refractivity contribution < 1.29 is 17.9 Å². The van der Waals surface area contributed by atoms with Gasteiger partial charge in [-0.15, -0.1) is 0 Å². The van der Waals surface area contributed by atoms with Crippen LogP contribution in [0.25, 0.3) is 0 Å². The van der Waals surface area contributed by atoms with E-state index in [0.717, 1.165) is 5.56 Å². The standard InChI is InChI=1S/C16H22ClNO4S/c1-22-9-8-18(15-7-10-23(20,21)12-15)16(19)6-5-13-3-2-4-14(17)11-13/h2-4,11,15H,5-10,12H2,1H3. The fraction of sp³-hybridized carbons (Fsp3) is 0.562. The topological polar surface area (TPSA) is 63.7 Å². The number of hydrogen-bond donors (Lipinski definition) is 0. The lowest BCUT2D eigenvalue weighted by molar-refractivity contribution is -0.133. The molecule has 2 rings (SSSR count). The lowest BCUT2D eigenvalue weighted by Gasteiger charge is -2.28. The van der Waals surface area contributed by atoms with Gasteiger partial charge in [0, 0.05) is 31.1 Å². The Kier molecular flexibility index (Phi) is 6.44. The van der Waals surface area contributed by atoms with Gasteiger partial charge in [0.25, 0.3) is 0 Å². The highest BCUT2D eigenvalue weighted by Crippen LogP contribution is 2.19. The molecule has 23 heavy (non-hydrogen) atoms. The monoisotopic (exact) mass is 359 g/mol. The molecule has 1 aromatic rings.